The summed E-state index contributed by atoms with van der Waals surface area (Å²) in [5.74, 6) is -0.108. The van der Waals surface area contributed by atoms with Crippen molar-refractivity contribution in [1.29, 1.82) is 0 Å². The zero-order chi connectivity index (χ0) is 12.0. The largest absolute Gasteiger partial charge is 0.370 e. The quantitative estimate of drug-likeness (QED) is 0.448. The summed E-state index contributed by atoms with van der Waals surface area (Å²) in [6, 6.07) is 9.01. The van der Waals surface area contributed by atoms with Gasteiger partial charge in [0.1, 0.15) is 0 Å². The Morgan fingerprint density at radius 2 is 1.76 bits per heavy atom. The Bertz CT molecular complexity index is 456. The summed E-state index contributed by atoms with van der Waals surface area (Å²) >= 11 is 0. The molecule has 0 saturated carbocycles. The Balaban J connectivity index is 0.00000256. The van der Waals surface area contributed by atoms with Crippen LogP contribution in [-0.2, 0) is 15.6 Å². The van der Waals surface area contributed by atoms with E-state index in [0.717, 1.165) is 5.56 Å². The molecule has 0 radical (unpaired) electrons. The van der Waals surface area contributed by atoms with Crippen LogP contribution in [0.4, 0.5) is 0 Å². The first-order valence-corrected chi connectivity index (χ1v) is 6.61. The van der Waals surface area contributed by atoms with Gasteiger partial charge in [-0.3, -0.25) is 4.99 Å². The number of hydrogen-bond donors (Lipinski definition) is 2. The molecule has 7 heteroatoms. The highest BCUT2D eigenvalue weighted by molar-refractivity contribution is 14.0. The minimum Gasteiger partial charge on any atom is -0.370 e. The lowest BCUT2D eigenvalue weighted by Gasteiger charge is -2.02. The Kier molecular flexibility index (Phi) is 7.12. The minimum atomic E-state index is -3.15. The molecule has 0 atom stereocenters. The number of nitrogens with zero attached hydrogens (tertiary/aromatic N) is 1. The third kappa shape index (κ3) is 7.16. The summed E-state index contributed by atoms with van der Waals surface area (Å²) in [5.41, 5.74) is 11.0. The molecule has 5 nitrogen and oxygen atoms in total. The standard InChI is InChI=1S/C10H15N3O2S.HI/c11-10(12)13-6-7-16(14,15)8-9-4-2-1-3-5-9;/h1-5H,6-8H2,(H4,11,12,13);1H. The molecule has 0 unspecified atom stereocenters. The highest BCUT2D eigenvalue weighted by atomic mass is 127. The van der Waals surface area contributed by atoms with Crippen molar-refractivity contribution in [2.24, 2.45) is 16.5 Å². The highest BCUT2D eigenvalue weighted by Gasteiger charge is 2.10. The van der Waals surface area contributed by atoms with Gasteiger partial charge in [0, 0.05) is 0 Å². The Hall–Kier alpha value is -0.830. The van der Waals surface area contributed by atoms with Crippen LogP contribution >= 0.6 is 24.0 Å². The van der Waals surface area contributed by atoms with E-state index in [9.17, 15) is 8.42 Å². The molecule has 96 valence electrons. The maximum Gasteiger partial charge on any atom is 0.185 e. The second-order valence-corrected chi connectivity index (χ2v) is 5.57. The molecule has 0 spiro atoms. The second-order valence-electron chi connectivity index (χ2n) is 3.38. The van der Waals surface area contributed by atoms with Gasteiger partial charge in [-0.2, -0.15) is 0 Å². The number of aliphatic imine (C=N–C) groups is 1. The first-order valence-electron chi connectivity index (χ1n) is 4.79. The van der Waals surface area contributed by atoms with E-state index in [4.69, 9.17) is 11.5 Å². The van der Waals surface area contributed by atoms with Crippen molar-refractivity contribution in [3.8, 4) is 0 Å². The number of rotatable bonds is 5. The van der Waals surface area contributed by atoms with Crippen molar-refractivity contribution < 1.29 is 8.42 Å². The lowest BCUT2D eigenvalue weighted by atomic mass is 10.2. The Morgan fingerprint density at radius 3 is 2.29 bits per heavy atom. The van der Waals surface area contributed by atoms with E-state index in [1.54, 1.807) is 24.3 Å². The number of hydrogen-bond acceptors (Lipinski definition) is 3. The molecule has 0 aliphatic carbocycles. The van der Waals surface area contributed by atoms with Gasteiger partial charge in [0.15, 0.2) is 15.8 Å². The van der Waals surface area contributed by atoms with E-state index < -0.39 is 9.84 Å². The predicted molar refractivity (Wildman–Crippen MR) is 80.0 cm³/mol. The van der Waals surface area contributed by atoms with E-state index in [1.807, 2.05) is 6.07 Å². The van der Waals surface area contributed by atoms with Crippen LogP contribution in [0.5, 0.6) is 0 Å². The fraction of sp³-hybridized carbons (Fsp3) is 0.300. The van der Waals surface area contributed by atoms with Gasteiger partial charge in [0.25, 0.3) is 0 Å². The molecule has 0 aliphatic heterocycles. The summed E-state index contributed by atoms with van der Waals surface area (Å²) in [7, 11) is -3.15. The van der Waals surface area contributed by atoms with E-state index in [-0.39, 0.29) is 48.0 Å². The maximum atomic E-state index is 11.6. The van der Waals surface area contributed by atoms with E-state index in [1.165, 1.54) is 0 Å². The summed E-state index contributed by atoms with van der Waals surface area (Å²) in [6.45, 7) is 0.109. The van der Waals surface area contributed by atoms with Gasteiger partial charge >= 0.3 is 0 Å². The second kappa shape index (κ2) is 7.49. The Morgan fingerprint density at radius 1 is 1.18 bits per heavy atom. The molecular formula is C10H16IN3O2S. The van der Waals surface area contributed by atoms with Crippen LogP contribution in [0.15, 0.2) is 35.3 Å². The van der Waals surface area contributed by atoms with Crippen molar-refractivity contribution >= 4 is 39.8 Å². The van der Waals surface area contributed by atoms with Gasteiger partial charge < -0.3 is 11.5 Å². The summed E-state index contributed by atoms with van der Waals surface area (Å²) in [5, 5.41) is 0. The predicted octanol–water partition coefficient (Wildman–Crippen LogP) is 0.493. The van der Waals surface area contributed by atoms with Gasteiger partial charge in [-0.25, -0.2) is 8.42 Å². The molecule has 0 amide bonds. The van der Waals surface area contributed by atoms with Crippen LogP contribution in [-0.4, -0.2) is 26.7 Å². The number of sulfone groups is 1. The van der Waals surface area contributed by atoms with Gasteiger partial charge in [-0.15, -0.1) is 24.0 Å². The third-order valence-electron chi connectivity index (χ3n) is 1.93. The van der Waals surface area contributed by atoms with Crippen molar-refractivity contribution in [2.45, 2.75) is 5.75 Å². The molecule has 1 aromatic carbocycles. The molecule has 0 saturated heterocycles. The minimum absolute atomic E-state index is 0. The number of halogens is 1. The molecule has 4 N–H and O–H groups in total. The first-order chi connectivity index (χ1) is 7.49. The third-order valence-corrected chi connectivity index (χ3v) is 3.50. The van der Waals surface area contributed by atoms with Crippen LogP contribution < -0.4 is 11.5 Å². The van der Waals surface area contributed by atoms with Gasteiger partial charge in [-0.1, -0.05) is 30.3 Å². The SMILES string of the molecule is I.NC(N)=NCCS(=O)(=O)Cc1ccccc1. The number of guanidine groups is 1. The smallest absolute Gasteiger partial charge is 0.185 e. The first kappa shape index (κ1) is 16.2. The summed E-state index contributed by atoms with van der Waals surface area (Å²) in [4.78, 5) is 3.64. The van der Waals surface area contributed by atoms with Crippen LogP contribution in [0.3, 0.4) is 0 Å². The molecule has 0 heterocycles. The molecule has 17 heavy (non-hydrogen) atoms. The average Bonchev–Trinajstić information content (AvgIpc) is 2.17. The van der Waals surface area contributed by atoms with E-state index >= 15 is 0 Å². The van der Waals surface area contributed by atoms with Crippen molar-refractivity contribution in [1.82, 2.24) is 0 Å². The molecule has 1 rings (SSSR count). The van der Waals surface area contributed by atoms with Gasteiger partial charge in [-0.05, 0) is 5.56 Å². The van der Waals surface area contributed by atoms with Gasteiger partial charge in [0.05, 0.1) is 18.1 Å². The monoisotopic (exact) mass is 369 g/mol. The maximum absolute atomic E-state index is 11.6. The average molecular weight is 369 g/mol. The summed E-state index contributed by atoms with van der Waals surface area (Å²) < 4.78 is 23.3. The molecular weight excluding hydrogens is 353 g/mol. The van der Waals surface area contributed by atoms with Crippen LogP contribution in [0.25, 0.3) is 0 Å². The summed E-state index contributed by atoms with van der Waals surface area (Å²) in [6.07, 6.45) is 0. The molecule has 0 aromatic heterocycles. The van der Waals surface area contributed by atoms with Crippen LogP contribution in [0.2, 0.25) is 0 Å². The van der Waals surface area contributed by atoms with Crippen molar-refractivity contribution in [2.75, 3.05) is 12.3 Å². The lowest BCUT2D eigenvalue weighted by Crippen LogP contribution is -2.24. The Labute approximate surface area is 118 Å². The lowest BCUT2D eigenvalue weighted by molar-refractivity contribution is 0.595. The van der Waals surface area contributed by atoms with Crippen LogP contribution in [0.1, 0.15) is 5.56 Å². The molecule has 1 aromatic rings. The molecule has 0 aliphatic rings. The molecule has 0 bridgehead atoms. The zero-order valence-corrected chi connectivity index (χ0v) is 12.4. The number of nitrogens with two attached hydrogens (primary N) is 2. The van der Waals surface area contributed by atoms with Gasteiger partial charge in [0.2, 0.25) is 0 Å². The topological polar surface area (TPSA) is 98.5 Å². The van der Waals surface area contributed by atoms with Crippen molar-refractivity contribution in [3.63, 3.8) is 0 Å². The number of benzene rings is 1. The van der Waals surface area contributed by atoms with Crippen LogP contribution in [0, 0.1) is 0 Å². The van der Waals surface area contributed by atoms with E-state index in [0.29, 0.717) is 0 Å². The fourth-order valence-corrected chi connectivity index (χ4v) is 2.43. The molecule has 0 fully saturated rings. The van der Waals surface area contributed by atoms with E-state index in [2.05, 4.69) is 4.99 Å². The van der Waals surface area contributed by atoms with Crippen molar-refractivity contribution in [3.05, 3.63) is 35.9 Å². The fourth-order valence-electron chi connectivity index (χ4n) is 1.21. The zero-order valence-electron chi connectivity index (χ0n) is 9.24. The normalized spacial score (nSPS) is 10.4. The highest BCUT2D eigenvalue weighted by Crippen LogP contribution is 2.05.